The van der Waals surface area contributed by atoms with Crippen LogP contribution in [0, 0.1) is 0 Å². The Morgan fingerprint density at radius 3 is 0.747 bits per heavy atom. The van der Waals surface area contributed by atoms with Crippen molar-refractivity contribution in [3.8, 4) is 0 Å². The average Bonchev–Trinajstić information content (AvgIpc) is 3.45. The van der Waals surface area contributed by atoms with Crippen LogP contribution in [0.5, 0.6) is 0 Å². The molecule has 0 aliphatic heterocycles. The van der Waals surface area contributed by atoms with E-state index in [1.54, 1.807) is 0 Å². The van der Waals surface area contributed by atoms with E-state index in [-0.39, 0.29) is 31.1 Å². The molecule has 0 aliphatic carbocycles. The Bertz CT molecular complexity index is 1270. The molecule has 0 amide bonds. The zero-order valence-electron chi connectivity index (χ0n) is 53.7. The van der Waals surface area contributed by atoms with Gasteiger partial charge >= 0.3 is 17.9 Å². The Kier molecular flexibility index (Phi) is 66.6. The van der Waals surface area contributed by atoms with Gasteiger partial charge < -0.3 is 14.2 Å². The topological polar surface area (TPSA) is 78.9 Å². The monoisotopic (exact) mass is 1110 g/mol. The highest BCUT2D eigenvalue weighted by Crippen LogP contribution is 2.19. The van der Waals surface area contributed by atoms with Gasteiger partial charge in [0.2, 0.25) is 0 Å². The summed E-state index contributed by atoms with van der Waals surface area (Å²) in [6.45, 7) is 6.64. The minimum atomic E-state index is -0.773. The summed E-state index contributed by atoms with van der Waals surface area (Å²) in [7, 11) is 0. The Morgan fingerprint density at radius 1 is 0.253 bits per heavy atom. The molecule has 0 saturated carbocycles. The Morgan fingerprint density at radius 2 is 0.481 bits per heavy atom. The summed E-state index contributed by atoms with van der Waals surface area (Å²) in [5.41, 5.74) is 0. The van der Waals surface area contributed by atoms with Gasteiger partial charge in [-0.2, -0.15) is 0 Å². The minimum absolute atomic E-state index is 0.0697. The van der Waals surface area contributed by atoms with Gasteiger partial charge in [-0.25, -0.2) is 0 Å². The standard InChI is InChI=1S/C73H138O6/c1-4-7-10-13-16-19-22-25-27-28-29-30-31-32-33-34-35-36-37-38-39-40-41-42-43-44-45-46-49-51-54-57-60-63-66-72(75)78-69-70(68-77-71(74)65-62-59-56-53-50-47-24-21-18-15-12-9-6-3)79-73(76)67-64-61-58-55-52-48-26-23-20-17-14-11-8-5-2/h12,15,21,24,70H,4-11,13-14,16-20,22-23,25-69H2,1-3H3/b15-12-,24-21-. The molecule has 0 saturated heterocycles. The summed E-state index contributed by atoms with van der Waals surface area (Å²) < 4.78 is 16.9. The summed E-state index contributed by atoms with van der Waals surface area (Å²) in [6.07, 6.45) is 83.8. The molecule has 6 heteroatoms. The number of hydrogen-bond acceptors (Lipinski definition) is 6. The third kappa shape index (κ3) is 66.6. The van der Waals surface area contributed by atoms with Crippen molar-refractivity contribution >= 4 is 17.9 Å². The number of unbranched alkanes of at least 4 members (excludes halogenated alkanes) is 52. The van der Waals surface area contributed by atoms with Crippen molar-refractivity contribution in [1.82, 2.24) is 0 Å². The number of carbonyl (C=O) groups excluding carboxylic acids is 3. The van der Waals surface area contributed by atoms with Crippen molar-refractivity contribution in [1.29, 1.82) is 0 Å². The molecule has 0 aromatic heterocycles. The van der Waals surface area contributed by atoms with Crippen molar-refractivity contribution in [3.63, 3.8) is 0 Å². The molecule has 1 atom stereocenters. The lowest BCUT2D eigenvalue weighted by Gasteiger charge is -2.18. The highest BCUT2D eigenvalue weighted by atomic mass is 16.6. The van der Waals surface area contributed by atoms with Crippen LogP contribution in [-0.2, 0) is 28.6 Å². The van der Waals surface area contributed by atoms with E-state index in [1.165, 1.54) is 283 Å². The smallest absolute Gasteiger partial charge is 0.306 e. The number of allylic oxidation sites excluding steroid dienone is 4. The van der Waals surface area contributed by atoms with Gasteiger partial charge in [0.05, 0.1) is 0 Å². The maximum absolute atomic E-state index is 12.9. The van der Waals surface area contributed by atoms with Crippen LogP contribution >= 0.6 is 0 Å². The molecule has 0 bridgehead atoms. The Balaban J connectivity index is 4.02. The van der Waals surface area contributed by atoms with Crippen molar-refractivity contribution in [3.05, 3.63) is 24.3 Å². The quantitative estimate of drug-likeness (QED) is 0.0261. The molecule has 0 rings (SSSR count). The fourth-order valence-electron chi connectivity index (χ4n) is 11.1. The first-order chi connectivity index (χ1) is 39.0. The van der Waals surface area contributed by atoms with Gasteiger partial charge in [-0.15, -0.1) is 0 Å². The van der Waals surface area contributed by atoms with Crippen molar-refractivity contribution in [2.24, 2.45) is 0 Å². The summed E-state index contributed by atoms with van der Waals surface area (Å²) in [5.74, 6) is -0.856. The number of carbonyl (C=O) groups is 3. The number of ether oxygens (including phenoxy) is 3. The van der Waals surface area contributed by atoms with Gasteiger partial charge in [-0.1, -0.05) is 366 Å². The van der Waals surface area contributed by atoms with Crippen LogP contribution in [0.2, 0.25) is 0 Å². The van der Waals surface area contributed by atoms with E-state index in [2.05, 4.69) is 45.1 Å². The fourth-order valence-corrected chi connectivity index (χ4v) is 11.1. The number of rotatable bonds is 67. The number of esters is 3. The van der Waals surface area contributed by atoms with Gasteiger partial charge in [0, 0.05) is 19.3 Å². The zero-order chi connectivity index (χ0) is 57.1. The molecule has 0 spiro atoms. The second kappa shape index (κ2) is 68.4. The molecule has 0 radical (unpaired) electrons. The normalized spacial score (nSPS) is 12.1. The van der Waals surface area contributed by atoms with E-state index in [0.717, 1.165) is 83.5 Å². The summed E-state index contributed by atoms with van der Waals surface area (Å²) >= 11 is 0. The first kappa shape index (κ1) is 76.9. The summed E-state index contributed by atoms with van der Waals surface area (Å²) in [4.78, 5) is 38.3. The molecule has 466 valence electrons. The lowest BCUT2D eigenvalue weighted by molar-refractivity contribution is -0.167. The zero-order valence-corrected chi connectivity index (χ0v) is 53.7. The maximum Gasteiger partial charge on any atom is 0.306 e. The molecule has 79 heavy (non-hydrogen) atoms. The highest BCUT2D eigenvalue weighted by molar-refractivity contribution is 5.71. The minimum Gasteiger partial charge on any atom is -0.462 e. The van der Waals surface area contributed by atoms with E-state index >= 15 is 0 Å². The van der Waals surface area contributed by atoms with E-state index in [1.807, 2.05) is 0 Å². The van der Waals surface area contributed by atoms with Crippen LogP contribution < -0.4 is 0 Å². The van der Waals surface area contributed by atoms with Crippen LogP contribution in [-0.4, -0.2) is 37.2 Å². The molecular weight excluding hydrogens is 973 g/mol. The van der Waals surface area contributed by atoms with Gasteiger partial charge in [0.15, 0.2) is 6.10 Å². The molecule has 0 fully saturated rings. The van der Waals surface area contributed by atoms with Gasteiger partial charge in [0.1, 0.15) is 13.2 Å². The molecule has 0 aromatic carbocycles. The van der Waals surface area contributed by atoms with E-state index in [4.69, 9.17) is 14.2 Å². The SMILES string of the molecule is CCC/C=C\C/C=C\CCCCCCCC(=O)OCC(COC(=O)CCCCCCCCCCCCCCCCCCCCCCCCCCCCCCCCCCCC)OC(=O)CCCCCCCCCCCCCCCC. The third-order valence-electron chi connectivity index (χ3n) is 16.4. The second-order valence-corrected chi connectivity index (χ2v) is 24.5. The van der Waals surface area contributed by atoms with Crippen LogP contribution in [0.3, 0.4) is 0 Å². The molecule has 0 aromatic rings. The second-order valence-electron chi connectivity index (χ2n) is 24.5. The van der Waals surface area contributed by atoms with Crippen molar-refractivity contribution in [2.75, 3.05) is 13.2 Å². The van der Waals surface area contributed by atoms with Crippen LogP contribution in [0.1, 0.15) is 406 Å². The molecular formula is C73H138O6. The molecule has 0 aliphatic rings. The largest absolute Gasteiger partial charge is 0.462 e. The maximum atomic E-state index is 12.9. The molecule has 0 heterocycles. The fraction of sp³-hybridized carbons (Fsp3) is 0.904. The molecule has 0 N–H and O–H groups in total. The Labute approximate surface area is 493 Å². The van der Waals surface area contributed by atoms with E-state index in [9.17, 15) is 14.4 Å². The first-order valence-corrected chi connectivity index (χ1v) is 35.8. The average molecular weight is 1110 g/mol. The molecule has 1 unspecified atom stereocenters. The highest BCUT2D eigenvalue weighted by Gasteiger charge is 2.19. The van der Waals surface area contributed by atoms with Crippen molar-refractivity contribution in [2.45, 2.75) is 412 Å². The predicted molar refractivity (Wildman–Crippen MR) is 344 cm³/mol. The van der Waals surface area contributed by atoms with Crippen LogP contribution in [0.4, 0.5) is 0 Å². The number of hydrogen-bond donors (Lipinski definition) is 0. The predicted octanol–water partition coefficient (Wildman–Crippen LogP) is 24.6. The van der Waals surface area contributed by atoms with E-state index < -0.39 is 6.10 Å². The van der Waals surface area contributed by atoms with Crippen LogP contribution in [0.15, 0.2) is 24.3 Å². The van der Waals surface area contributed by atoms with Gasteiger partial charge in [0.25, 0.3) is 0 Å². The lowest BCUT2D eigenvalue weighted by Crippen LogP contribution is -2.30. The van der Waals surface area contributed by atoms with Gasteiger partial charge in [-0.3, -0.25) is 14.4 Å². The third-order valence-corrected chi connectivity index (χ3v) is 16.4. The lowest BCUT2D eigenvalue weighted by atomic mass is 10.0. The van der Waals surface area contributed by atoms with Gasteiger partial charge in [-0.05, 0) is 44.9 Å². The first-order valence-electron chi connectivity index (χ1n) is 35.8. The van der Waals surface area contributed by atoms with Crippen LogP contribution in [0.25, 0.3) is 0 Å². The van der Waals surface area contributed by atoms with E-state index in [0.29, 0.717) is 19.3 Å². The summed E-state index contributed by atoms with van der Waals surface area (Å²) in [6, 6.07) is 0. The summed E-state index contributed by atoms with van der Waals surface area (Å²) in [5, 5.41) is 0. The Hall–Kier alpha value is -2.11. The van der Waals surface area contributed by atoms with Crippen molar-refractivity contribution < 1.29 is 28.6 Å². The molecule has 6 nitrogen and oxygen atoms in total.